The molecule has 1 aromatic heterocycles. The van der Waals surface area contributed by atoms with Gasteiger partial charge in [-0.25, -0.2) is 17.9 Å². The number of esters is 1. The van der Waals surface area contributed by atoms with Crippen LogP contribution < -0.4 is 14.4 Å². The van der Waals surface area contributed by atoms with Crippen molar-refractivity contribution in [3.8, 4) is 5.75 Å². The second-order valence-corrected chi connectivity index (χ2v) is 10.8. The van der Waals surface area contributed by atoms with Gasteiger partial charge in [0.15, 0.2) is 0 Å². The number of nitrogens with one attached hydrogen (secondary N) is 1. The molecule has 1 N–H and O–H groups in total. The molecular weight excluding hydrogens is 576 g/mol. The molecular formula is C27H25BrN2O7S. The number of nitrogens with zero attached hydrogens (tertiary/aromatic N) is 1. The van der Waals surface area contributed by atoms with Crippen LogP contribution in [0.3, 0.4) is 0 Å². The second-order valence-electron chi connectivity index (χ2n) is 8.16. The monoisotopic (exact) mass is 600 g/mol. The third-order valence-electron chi connectivity index (χ3n) is 5.74. The number of carbonyl (C=O) groups excluding carboxylic acids is 2. The van der Waals surface area contributed by atoms with Gasteiger partial charge in [0.25, 0.3) is 5.91 Å². The zero-order chi connectivity index (χ0) is 27.4. The maximum absolute atomic E-state index is 13.5. The Morgan fingerprint density at radius 3 is 2.39 bits per heavy atom. The minimum Gasteiger partial charge on any atom is -0.497 e. The number of allylic oxidation sites excluding steroid dienone is 1. The van der Waals surface area contributed by atoms with Crippen LogP contribution in [0.5, 0.6) is 5.75 Å². The van der Waals surface area contributed by atoms with Gasteiger partial charge in [0.2, 0.25) is 10.0 Å². The summed E-state index contributed by atoms with van der Waals surface area (Å²) in [5.74, 6) is 0.173. The van der Waals surface area contributed by atoms with Crippen molar-refractivity contribution in [2.45, 2.75) is 25.3 Å². The number of benzene rings is 2. The van der Waals surface area contributed by atoms with E-state index in [9.17, 15) is 18.0 Å². The minimum atomic E-state index is -3.76. The summed E-state index contributed by atoms with van der Waals surface area (Å²) in [5.41, 5.74) is 1.20. The smallest absolute Gasteiger partial charge is 0.340 e. The Labute approximate surface area is 228 Å². The molecule has 2 aromatic carbocycles. The van der Waals surface area contributed by atoms with Crippen molar-refractivity contribution in [3.63, 3.8) is 0 Å². The topological polar surface area (TPSA) is 115 Å². The van der Waals surface area contributed by atoms with E-state index in [1.165, 1.54) is 23.1 Å². The highest BCUT2D eigenvalue weighted by Gasteiger charge is 2.38. The van der Waals surface area contributed by atoms with Gasteiger partial charge in [-0.3, -0.25) is 9.69 Å². The number of halogens is 1. The van der Waals surface area contributed by atoms with Crippen LogP contribution in [0, 0.1) is 0 Å². The number of furan rings is 1. The molecule has 1 aliphatic rings. The van der Waals surface area contributed by atoms with Crippen molar-refractivity contribution >= 4 is 49.6 Å². The number of anilines is 1. The van der Waals surface area contributed by atoms with Crippen LogP contribution in [0.2, 0.25) is 0 Å². The molecule has 0 aliphatic carbocycles. The SMILES string of the molecule is CCOC(=O)C1=C(C)N(c2ccc(OC)cc2)C(=O)/C1=C/c1ccc(CNS(=O)(=O)c2ccc(Br)cc2)o1. The maximum Gasteiger partial charge on any atom is 0.340 e. The van der Waals surface area contributed by atoms with Gasteiger partial charge >= 0.3 is 5.97 Å². The van der Waals surface area contributed by atoms with E-state index >= 15 is 0 Å². The Hall–Kier alpha value is -3.67. The number of hydrogen-bond donors (Lipinski definition) is 1. The summed E-state index contributed by atoms with van der Waals surface area (Å²) in [6.45, 7) is 3.39. The lowest BCUT2D eigenvalue weighted by atomic mass is 10.1. The standard InChI is InChI=1S/C27H25BrN2O7S/c1-4-36-27(32)25-17(2)30(19-7-9-20(35-3)10-8-19)26(31)24(25)15-21-11-12-22(37-21)16-29-38(33,34)23-13-5-18(28)6-14-23/h5-15,29H,4,16H2,1-3H3/b24-15+. The van der Waals surface area contributed by atoms with Crippen LogP contribution in [-0.4, -0.2) is 34.0 Å². The Morgan fingerprint density at radius 2 is 1.76 bits per heavy atom. The van der Waals surface area contributed by atoms with Crippen molar-refractivity contribution in [1.82, 2.24) is 4.72 Å². The largest absolute Gasteiger partial charge is 0.497 e. The highest BCUT2D eigenvalue weighted by atomic mass is 79.9. The number of methoxy groups -OCH3 is 1. The van der Waals surface area contributed by atoms with Crippen LogP contribution >= 0.6 is 15.9 Å². The van der Waals surface area contributed by atoms with E-state index in [1.54, 1.807) is 69.5 Å². The predicted octanol–water partition coefficient (Wildman–Crippen LogP) is 4.80. The summed E-state index contributed by atoms with van der Waals surface area (Å²) in [6.07, 6.45) is 1.45. The third kappa shape index (κ3) is 5.74. The quantitative estimate of drug-likeness (QED) is 0.277. The number of carbonyl (C=O) groups is 2. The van der Waals surface area contributed by atoms with Crippen molar-refractivity contribution in [2.24, 2.45) is 0 Å². The van der Waals surface area contributed by atoms with E-state index in [4.69, 9.17) is 13.9 Å². The van der Waals surface area contributed by atoms with Crippen molar-refractivity contribution in [3.05, 3.63) is 93.5 Å². The van der Waals surface area contributed by atoms with E-state index in [1.807, 2.05) is 0 Å². The van der Waals surface area contributed by atoms with Crippen molar-refractivity contribution in [1.29, 1.82) is 0 Å². The lowest BCUT2D eigenvalue weighted by Gasteiger charge is -2.18. The second kappa shape index (κ2) is 11.4. The number of ether oxygens (including phenoxy) is 2. The van der Waals surface area contributed by atoms with Gasteiger partial charge in [-0.1, -0.05) is 15.9 Å². The fraction of sp³-hybridized carbons (Fsp3) is 0.185. The summed E-state index contributed by atoms with van der Waals surface area (Å²) in [4.78, 5) is 27.8. The van der Waals surface area contributed by atoms with E-state index in [2.05, 4.69) is 20.7 Å². The van der Waals surface area contributed by atoms with E-state index in [0.717, 1.165) is 4.47 Å². The van der Waals surface area contributed by atoms with E-state index < -0.39 is 21.9 Å². The summed E-state index contributed by atoms with van der Waals surface area (Å²) < 4.78 is 44.6. The fourth-order valence-corrected chi connectivity index (χ4v) is 5.15. The normalized spacial score (nSPS) is 14.9. The fourth-order valence-electron chi connectivity index (χ4n) is 3.90. The number of rotatable bonds is 9. The van der Waals surface area contributed by atoms with Crippen LogP contribution in [0.1, 0.15) is 25.4 Å². The van der Waals surface area contributed by atoms with Crippen LogP contribution in [0.4, 0.5) is 5.69 Å². The first-order valence-electron chi connectivity index (χ1n) is 11.6. The molecule has 198 valence electrons. The molecule has 0 saturated heterocycles. The molecule has 0 unspecified atom stereocenters. The third-order valence-corrected chi connectivity index (χ3v) is 7.69. The summed E-state index contributed by atoms with van der Waals surface area (Å²) in [7, 11) is -2.21. The zero-order valence-electron chi connectivity index (χ0n) is 20.9. The Kier molecular flexibility index (Phi) is 8.20. The molecule has 1 aliphatic heterocycles. The Morgan fingerprint density at radius 1 is 1.08 bits per heavy atom. The molecule has 38 heavy (non-hydrogen) atoms. The molecule has 3 aromatic rings. The average Bonchev–Trinajstić information content (AvgIpc) is 3.45. The highest BCUT2D eigenvalue weighted by Crippen LogP contribution is 2.36. The van der Waals surface area contributed by atoms with E-state index in [0.29, 0.717) is 22.9 Å². The summed E-state index contributed by atoms with van der Waals surface area (Å²) in [5, 5.41) is 0. The first kappa shape index (κ1) is 27.4. The molecule has 1 amide bonds. The van der Waals surface area contributed by atoms with Gasteiger partial charge in [0.1, 0.15) is 17.3 Å². The van der Waals surface area contributed by atoms with Gasteiger partial charge in [0.05, 0.1) is 36.3 Å². The molecule has 11 heteroatoms. The molecule has 0 saturated carbocycles. The van der Waals surface area contributed by atoms with Gasteiger partial charge in [-0.05, 0) is 80.6 Å². The highest BCUT2D eigenvalue weighted by molar-refractivity contribution is 9.10. The molecule has 9 nitrogen and oxygen atoms in total. The molecule has 0 bridgehead atoms. The molecule has 0 spiro atoms. The Bertz CT molecular complexity index is 1520. The Balaban J connectivity index is 1.60. The molecule has 0 radical (unpaired) electrons. The van der Waals surface area contributed by atoms with E-state index in [-0.39, 0.29) is 35.0 Å². The molecule has 2 heterocycles. The van der Waals surface area contributed by atoms with Crippen LogP contribution in [0.15, 0.2) is 91.3 Å². The zero-order valence-corrected chi connectivity index (χ0v) is 23.3. The van der Waals surface area contributed by atoms with Crippen LogP contribution in [-0.2, 0) is 30.9 Å². The molecule has 0 fully saturated rings. The van der Waals surface area contributed by atoms with Gasteiger partial charge in [-0.15, -0.1) is 0 Å². The van der Waals surface area contributed by atoms with Gasteiger partial charge < -0.3 is 13.9 Å². The maximum atomic E-state index is 13.5. The lowest BCUT2D eigenvalue weighted by molar-refractivity contribution is -0.138. The predicted molar refractivity (Wildman–Crippen MR) is 145 cm³/mol. The summed E-state index contributed by atoms with van der Waals surface area (Å²) >= 11 is 3.28. The van der Waals surface area contributed by atoms with Gasteiger partial charge in [-0.2, -0.15) is 0 Å². The first-order valence-corrected chi connectivity index (χ1v) is 13.8. The van der Waals surface area contributed by atoms with Gasteiger partial charge in [0, 0.05) is 15.9 Å². The molecule has 0 atom stereocenters. The molecule has 4 rings (SSSR count). The number of sulfonamides is 1. The summed E-state index contributed by atoms with van der Waals surface area (Å²) in [6, 6.07) is 16.3. The lowest BCUT2D eigenvalue weighted by Crippen LogP contribution is -2.24. The number of amides is 1. The van der Waals surface area contributed by atoms with Crippen molar-refractivity contribution in [2.75, 3.05) is 18.6 Å². The minimum absolute atomic E-state index is 0.104. The first-order chi connectivity index (χ1) is 18.1. The average molecular weight is 601 g/mol. The van der Waals surface area contributed by atoms with Crippen LogP contribution in [0.25, 0.3) is 6.08 Å². The van der Waals surface area contributed by atoms with Crippen molar-refractivity contribution < 1.29 is 31.9 Å². The number of hydrogen-bond acceptors (Lipinski definition) is 7.